The number of amides is 2. The minimum Gasteiger partial charge on any atom is -0.375 e. The van der Waals surface area contributed by atoms with E-state index in [0.29, 0.717) is 13.0 Å². The third-order valence-electron chi connectivity index (χ3n) is 1.86. The Morgan fingerprint density at radius 2 is 2.00 bits per heavy atom. The summed E-state index contributed by atoms with van der Waals surface area (Å²) in [5.41, 5.74) is 0. The first-order valence-electron chi connectivity index (χ1n) is 5.21. The van der Waals surface area contributed by atoms with Gasteiger partial charge in [0.1, 0.15) is 12.6 Å². The van der Waals surface area contributed by atoms with E-state index in [1.807, 2.05) is 13.8 Å². The standard InChI is InChI=1S/C10H20N2O3/c1-4-6-8(10(14)11-5-2)12-9(13)7-15-3/h8H,4-7H2,1-3H3,(H,11,14)(H,12,13)/t8-/m0/s1. The molecule has 0 aliphatic heterocycles. The molecule has 2 amide bonds. The van der Waals surface area contributed by atoms with Crippen molar-refractivity contribution in [3.05, 3.63) is 0 Å². The lowest BCUT2D eigenvalue weighted by molar-refractivity contribution is -0.131. The van der Waals surface area contributed by atoms with E-state index in [0.717, 1.165) is 6.42 Å². The van der Waals surface area contributed by atoms with Crippen LogP contribution in [0.2, 0.25) is 0 Å². The molecule has 0 unspecified atom stereocenters. The third-order valence-corrected chi connectivity index (χ3v) is 1.86. The summed E-state index contributed by atoms with van der Waals surface area (Å²) in [5, 5.41) is 5.31. The van der Waals surface area contributed by atoms with Gasteiger partial charge in [0.05, 0.1) is 0 Å². The largest absolute Gasteiger partial charge is 0.375 e. The van der Waals surface area contributed by atoms with Crippen LogP contribution in [-0.4, -0.2) is 38.1 Å². The summed E-state index contributed by atoms with van der Waals surface area (Å²) in [5.74, 6) is -0.397. The fraction of sp³-hybridized carbons (Fsp3) is 0.800. The number of carbonyl (C=O) groups excluding carboxylic acids is 2. The van der Waals surface area contributed by atoms with Crippen molar-refractivity contribution in [1.29, 1.82) is 0 Å². The van der Waals surface area contributed by atoms with Gasteiger partial charge in [0.2, 0.25) is 11.8 Å². The molecule has 0 heterocycles. The number of hydrogen-bond acceptors (Lipinski definition) is 3. The molecule has 15 heavy (non-hydrogen) atoms. The summed E-state index contributed by atoms with van der Waals surface area (Å²) in [6, 6.07) is -0.447. The summed E-state index contributed by atoms with van der Waals surface area (Å²) in [6.07, 6.45) is 1.48. The maximum absolute atomic E-state index is 11.5. The number of carbonyl (C=O) groups is 2. The molecule has 0 radical (unpaired) electrons. The second-order valence-electron chi connectivity index (χ2n) is 3.24. The van der Waals surface area contributed by atoms with E-state index in [9.17, 15) is 9.59 Å². The molecular formula is C10H20N2O3. The Hall–Kier alpha value is -1.10. The van der Waals surface area contributed by atoms with Crippen molar-refractivity contribution in [2.24, 2.45) is 0 Å². The van der Waals surface area contributed by atoms with Crippen LogP contribution in [0.4, 0.5) is 0 Å². The molecule has 5 heteroatoms. The Kier molecular flexibility index (Phi) is 7.62. The smallest absolute Gasteiger partial charge is 0.246 e. The highest BCUT2D eigenvalue weighted by molar-refractivity contribution is 5.87. The molecular weight excluding hydrogens is 196 g/mol. The molecule has 5 nitrogen and oxygen atoms in total. The molecule has 1 atom stereocenters. The van der Waals surface area contributed by atoms with E-state index < -0.39 is 6.04 Å². The summed E-state index contributed by atoms with van der Waals surface area (Å²) >= 11 is 0. The Balaban J connectivity index is 4.13. The molecule has 0 rings (SSSR count). The second kappa shape index (κ2) is 8.23. The van der Waals surface area contributed by atoms with Crippen LogP contribution >= 0.6 is 0 Å². The van der Waals surface area contributed by atoms with Gasteiger partial charge in [-0.15, -0.1) is 0 Å². The normalized spacial score (nSPS) is 11.9. The van der Waals surface area contributed by atoms with Gasteiger partial charge in [-0.1, -0.05) is 13.3 Å². The third kappa shape index (κ3) is 6.06. The first kappa shape index (κ1) is 13.9. The van der Waals surface area contributed by atoms with Gasteiger partial charge in [0.25, 0.3) is 0 Å². The lowest BCUT2D eigenvalue weighted by Crippen LogP contribution is -2.47. The number of methoxy groups -OCH3 is 1. The van der Waals surface area contributed by atoms with Crippen LogP contribution in [0.15, 0.2) is 0 Å². The van der Waals surface area contributed by atoms with Gasteiger partial charge in [-0.05, 0) is 13.3 Å². The molecule has 2 N–H and O–H groups in total. The van der Waals surface area contributed by atoms with E-state index in [4.69, 9.17) is 0 Å². The highest BCUT2D eigenvalue weighted by Gasteiger charge is 2.18. The van der Waals surface area contributed by atoms with Crippen molar-refractivity contribution in [1.82, 2.24) is 10.6 Å². The summed E-state index contributed by atoms with van der Waals surface area (Å²) in [7, 11) is 1.44. The molecule has 0 saturated heterocycles. The van der Waals surface area contributed by atoms with Gasteiger partial charge in [-0.25, -0.2) is 0 Å². The maximum Gasteiger partial charge on any atom is 0.246 e. The first-order chi connectivity index (χ1) is 7.15. The molecule has 0 aromatic carbocycles. The topological polar surface area (TPSA) is 67.4 Å². The van der Waals surface area contributed by atoms with Crippen LogP contribution < -0.4 is 10.6 Å². The fourth-order valence-electron chi connectivity index (χ4n) is 1.22. The molecule has 88 valence electrons. The molecule has 0 aromatic heterocycles. The van der Waals surface area contributed by atoms with E-state index in [1.165, 1.54) is 7.11 Å². The van der Waals surface area contributed by atoms with Crippen molar-refractivity contribution in [3.8, 4) is 0 Å². The zero-order chi connectivity index (χ0) is 11.7. The zero-order valence-electron chi connectivity index (χ0n) is 9.63. The number of rotatable bonds is 7. The quantitative estimate of drug-likeness (QED) is 0.632. The van der Waals surface area contributed by atoms with Crippen LogP contribution in [0.5, 0.6) is 0 Å². The highest BCUT2D eigenvalue weighted by Crippen LogP contribution is 1.96. The predicted molar refractivity (Wildman–Crippen MR) is 57.4 cm³/mol. The summed E-state index contributed by atoms with van der Waals surface area (Å²) in [6.45, 7) is 4.37. The van der Waals surface area contributed by atoms with Gasteiger partial charge in [-0.2, -0.15) is 0 Å². The molecule has 0 saturated carbocycles. The fourth-order valence-corrected chi connectivity index (χ4v) is 1.22. The lowest BCUT2D eigenvalue weighted by atomic mass is 10.1. The van der Waals surface area contributed by atoms with Gasteiger partial charge >= 0.3 is 0 Å². The molecule has 0 bridgehead atoms. The second-order valence-corrected chi connectivity index (χ2v) is 3.24. The van der Waals surface area contributed by atoms with E-state index >= 15 is 0 Å². The first-order valence-corrected chi connectivity index (χ1v) is 5.21. The number of ether oxygens (including phenoxy) is 1. The predicted octanol–water partition coefficient (Wildman–Crippen LogP) is 0.0538. The molecule has 0 spiro atoms. The van der Waals surface area contributed by atoms with E-state index in [-0.39, 0.29) is 18.4 Å². The lowest BCUT2D eigenvalue weighted by Gasteiger charge is -2.16. The Morgan fingerprint density at radius 1 is 1.33 bits per heavy atom. The average molecular weight is 216 g/mol. The molecule has 0 aromatic rings. The van der Waals surface area contributed by atoms with E-state index in [2.05, 4.69) is 15.4 Å². The van der Waals surface area contributed by atoms with Crippen molar-refractivity contribution >= 4 is 11.8 Å². The SMILES string of the molecule is CCC[C@H](NC(=O)COC)C(=O)NCC. The average Bonchev–Trinajstić information content (AvgIpc) is 2.18. The molecule has 0 fully saturated rings. The van der Waals surface area contributed by atoms with Crippen molar-refractivity contribution in [2.75, 3.05) is 20.3 Å². The Labute approximate surface area is 90.6 Å². The van der Waals surface area contributed by atoms with Gasteiger partial charge in [-0.3, -0.25) is 9.59 Å². The summed E-state index contributed by atoms with van der Waals surface area (Å²) < 4.78 is 4.68. The van der Waals surface area contributed by atoms with Crippen molar-refractivity contribution in [2.45, 2.75) is 32.7 Å². The van der Waals surface area contributed by atoms with Crippen LogP contribution in [0, 0.1) is 0 Å². The van der Waals surface area contributed by atoms with Crippen LogP contribution in [0.3, 0.4) is 0 Å². The van der Waals surface area contributed by atoms with Gasteiger partial charge in [0, 0.05) is 13.7 Å². The Morgan fingerprint density at radius 3 is 2.47 bits per heavy atom. The minimum atomic E-state index is -0.447. The minimum absolute atomic E-state index is 0.0143. The Bertz CT molecular complexity index is 207. The molecule has 0 aliphatic rings. The van der Waals surface area contributed by atoms with Crippen LogP contribution in [0.25, 0.3) is 0 Å². The number of nitrogens with one attached hydrogen (secondary N) is 2. The van der Waals surface area contributed by atoms with Gasteiger partial charge < -0.3 is 15.4 Å². The van der Waals surface area contributed by atoms with Crippen LogP contribution in [0.1, 0.15) is 26.7 Å². The highest BCUT2D eigenvalue weighted by atomic mass is 16.5. The zero-order valence-corrected chi connectivity index (χ0v) is 9.63. The maximum atomic E-state index is 11.5. The number of hydrogen-bond donors (Lipinski definition) is 2. The van der Waals surface area contributed by atoms with E-state index in [1.54, 1.807) is 0 Å². The molecule has 0 aliphatic carbocycles. The van der Waals surface area contributed by atoms with Crippen LogP contribution in [-0.2, 0) is 14.3 Å². The van der Waals surface area contributed by atoms with Gasteiger partial charge in [0.15, 0.2) is 0 Å². The monoisotopic (exact) mass is 216 g/mol. The number of likely N-dealkylation sites (N-methyl/N-ethyl adjacent to an activating group) is 1. The van der Waals surface area contributed by atoms with Crippen molar-refractivity contribution in [3.63, 3.8) is 0 Å². The summed E-state index contributed by atoms with van der Waals surface area (Å²) in [4.78, 5) is 22.7. The van der Waals surface area contributed by atoms with Crippen molar-refractivity contribution < 1.29 is 14.3 Å².